The van der Waals surface area contributed by atoms with Crippen LogP contribution in [0.5, 0.6) is 0 Å². The van der Waals surface area contributed by atoms with Crippen LogP contribution >= 0.6 is 11.6 Å². The summed E-state index contributed by atoms with van der Waals surface area (Å²) in [5, 5.41) is 3.68. The van der Waals surface area contributed by atoms with Crippen LogP contribution in [0.4, 0.5) is 0 Å². The molecule has 0 radical (unpaired) electrons. The van der Waals surface area contributed by atoms with Gasteiger partial charge in [-0.2, -0.15) is 0 Å². The zero-order chi connectivity index (χ0) is 15.8. The fourth-order valence-electron chi connectivity index (χ4n) is 2.22. The van der Waals surface area contributed by atoms with E-state index in [0.29, 0.717) is 5.02 Å². The van der Waals surface area contributed by atoms with Crippen molar-refractivity contribution >= 4 is 27.3 Å². The van der Waals surface area contributed by atoms with E-state index in [0.717, 1.165) is 5.56 Å². The molecule has 1 unspecified atom stereocenters. The highest BCUT2D eigenvalue weighted by atomic mass is 35.5. The van der Waals surface area contributed by atoms with Gasteiger partial charge >= 0.3 is 0 Å². The van der Waals surface area contributed by atoms with Gasteiger partial charge in [0, 0.05) is 17.8 Å². The van der Waals surface area contributed by atoms with Gasteiger partial charge in [-0.1, -0.05) is 23.7 Å². The average Bonchev–Trinajstić information content (AvgIpc) is 2.69. The predicted molar refractivity (Wildman–Crippen MR) is 82.8 cm³/mol. The fourth-order valence-corrected chi connectivity index (χ4v) is 2.79. The summed E-state index contributed by atoms with van der Waals surface area (Å²) in [4.78, 5) is 13.6. The molecular weight excluding hydrogens is 312 g/mol. The molecule has 2 rings (SSSR count). The van der Waals surface area contributed by atoms with Crippen molar-refractivity contribution < 1.29 is 13.2 Å². The Morgan fingerprint density at radius 2 is 2.10 bits per heavy atom. The van der Waals surface area contributed by atoms with E-state index in [-0.39, 0.29) is 25.2 Å². The Kier molecular flexibility index (Phi) is 4.33. The van der Waals surface area contributed by atoms with Crippen LogP contribution in [-0.4, -0.2) is 43.3 Å². The molecule has 1 saturated heterocycles. The fraction of sp³-hybridized carbons (Fsp3) is 0.500. The summed E-state index contributed by atoms with van der Waals surface area (Å²) < 4.78 is 22.7. The first-order chi connectivity index (χ1) is 9.62. The molecule has 5 nitrogen and oxygen atoms in total. The van der Waals surface area contributed by atoms with E-state index in [9.17, 15) is 13.2 Å². The quantitative estimate of drug-likeness (QED) is 0.910. The first kappa shape index (κ1) is 16.3. The number of rotatable bonds is 4. The summed E-state index contributed by atoms with van der Waals surface area (Å²) in [5.74, 6) is -0.114. The largest absolute Gasteiger partial charge is 0.320 e. The lowest BCUT2D eigenvalue weighted by Gasteiger charge is -2.32. The number of benzene rings is 1. The minimum absolute atomic E-state index is 0.114. The Balaban J connectivity index is 2.30. The normalized spacial score (nSPS) is 20.1. The number of nitrogens with zero attached hydrogens (tertiary/aromatic N) is 1. The zero-order valence-corrected chi connectivity index (χ0v) is 13.8. The first-order valence-corrected chi connectivity index (χ1v) is 8.87. The summed E-state index contributed by atoms with van der Waals surface area (Å²) in [5.41, 5.74) is 0.845. The van der Waals surface area contributed by atoms with E-state index in [1.165, 1.54) is 6.26 Å². The van der Waals surface area contributed by atoms with Crippen LogP contribution in [0.15, 0.2) is 24.3 Å². The molecule has 1 aliphatic rings. The van der Waals surface area contributed by atoms with Gasteiger partial charge in [-0.3, -0.25) is 10.1 Å². The van der Waals surface area contributed by atoms with Crippen molar-refractivity contribution in [3.8, 4) is 0 Å². The standard InChI is InChI=1S/C14H19ClN2O3S/c1-14(2,21(3,19)20)9-17-12(18)8-16-13(17)10-5-4-6-11(15)7-10/h4-7,13,16H,8-9H2,1-3H3. The monoisotopic (exact) mass is 330 g/mol. The highest BCUT2D eigenvalue weighted by Gasteiger charge is 2.39. The zero-order valence-electron chi connectivity index (χ0n) is 12.3. The summed E-state index contributed by atoms with van der Waals surface area (Å²) in [6.07, 6.45) is 0.840. The van der Waals surface area contributed by atoms with Crippen LogP contribution in [0.25, 0.3) is 0 Å². The number of amides is 1. The third-order valence-electron chi connectivity index (χ3n) is 3.80. The highest BCUT2D eigenvalue weighted by molar-refractivity contribution is 7.92. The van der Waals surface area contributed by atoms with Crippen LogP contribution in [-0.2, 0) is 14.6 Å². The molecule has 1 atom stereocenters. The smallest absolute Gasteiger partial charge is 0.238 e. The van der Waals surface area contributed by atoms with Crippen molar-refractivity contribution in [1.29, 1.82) is 0 Å². The van der Waals surface area contributed by atoms with Gasteiger partial charge in [0.2, 0.25) is 5.91 Å². The number of hydrogen-bond donors (Lipinski definition) is 1. The molecule has 21 heavy (non-hydrogen) atoms. The number of nitrogens with one attached hydrogen (secondary N) is 1. The molecule has 0 saturated carbocycles. The van der Waals surface area contributed by atoms with E-state index < -0.39 is 14.6 Å². The minimum atomic E-state index is -3.27. The average molecular weight is 331 g/mol. The number of sulfone groups is 1. The highest BCUT2D eigenvalue weighted by Crippen LogP contribution is 2.28. The molecule has 0 aromatic heterocycles. The third-order valence-corrected chi connectivity index (χ3v) is 6.17. The van der Waals surface area contributed by atoms with Crippen molar-refractivity contribution in [3.05, 3.63) is 34.9 Å². The van der Waals surface area contributed by atoms with Crippen LogP contribution in [0.2, 0.25) is 5.02 Å². The molecule has 1 aromatic carbocycles. The molecule has 116 valence electrons. The second-order valence-corrected chi connectivity index (χ2v) is 8.98. The minimum Gasteiger partial charge on any atom is -0.320 e. The lowest BCUT2D eigenvalue weighted by atomic mass is 10.1. The van der Waals surface area contributed by atoms with Crippen molar-refractivity contribution in [2.24, 2.45) is 0 Å². The summed E-state index contributed by atoms with van der Waals surface area (Å²) in [6.45, 7) is 3.58. The van der Waals surface area contributed by atoms with Crippen molar-refractivity contribution in [1.82, 2.24) is 10.2 Å². The van der Waals surface area contributed by atoms with Gasteiger partial charge in [-0.05, 0) is 31.5 Å². The number of hydrogen-bond acceptors (Lipinski definition) is 4. The van der Waals surface area contributed by atoms with Crippen LogP contribution in [0, 0.1) is 0 Å². The van der Waals surface area contributed by atoms with E-state index in [1.54, 1.807) is 30.9 Å². The van der Waals surface area contributed by atoms with Crippen LogP contribution < -0.4 is 5.32 Å². The molecule has 1 heterocycles. The van der Waals surface area contributed by atoms with Crippen molar-refractivity contribution in [2.45, 2.75) is 24.8 Å². The van der Waals surface area contributed by atoms with Crippen molar-refractivity contribution in [2.75, 3.05) is 19.3 Å². The van der Waals surface area contributed by atoms with Crippen molar-refractivity contribution in [3.63, 3.8) is 0 Å². The Labute approximate surface area is 130 Å². The Morgan fingerprint density at radius 3 is 2.67 bits per heavy atom. The van der Waals surface area contributed by atoms with Gasteiger partial charge in [-0.15, -0.1) is 0 Å². The summed E-state index contributed by atoms with van der Waals surface area (Å²) in [7, 11) is -3.27. The Bertz CT molecular complexity index is 658. The maximum atomic E-state index is 12.1. The molecular formula is C14H19ClN2O3S. The van der Waals surface area contributed by atoms with Gasteiger partial charge in [-0.25, -0.2) is 8.42 Å². The van der Waals surface area contributed by atoms with E-state index in [2.05, 4.69) is 5.32 Å². The van der Waals surface area contributed by atoms with Gasteiger partial charge in [0.15, 0.2) is 9.84 Å². The van der Waals surface area contributed by atoms with Gasteiger partial charge in [0.25, 0.3) is 0 Å². The lowest BCUT2D eigenvalue weighted by Crippen LogP contribution is -2.46. The molecule has 1 aromatic rings. The van der Waals surface area contributed by atoms with Gasteiger partial charge in [0.05, 0.1) is 11.3 Å². The molecule has 1 fully saturated rings. The first-order valence-electron chi connectivity index (χ1n) is 6.60. The maximum Gasteiger partial charge on any atom is 0.238 e. The molecule has 1 amide bonds. The molecule has 1 aliphatic heterocycles. The lowest BCUT2D eigenvalue weighted by molar-refractivity contribution is -0.128. The van der Waals surface area contributed by atoms with Crippen LogP contribution in [0.1, 0.15) is 25.6 Å². The third kappa shape index (κ3) is 3.39. The van der Waals surface area contributed by atoms with Gasteiger partial charge < -0.3 is 4.90 Å². The SMILES string of the molecule is CC(C)(CN1C(=O)CNC1c1cccc(Cl)c1)S(C)(=O)=O. The number of carbonyl (C=O) groups excluding carboxylic acids is 1. The molecule has 1 N–H and O–H groups in total. The van der Waals surface area contributed by atoms with E-state index in [1.807, 2.05) is 12.1 Å². The number of halogens is 1. The summed E-state index contributed by atoms with van der Waals surface area (Å²) >= 11 is 5.99. The molecule has 7 heteroatoms. The van der Waals surface area contributed by atoms with Gasteiger partial charge in [0.1, 0.15) is 6.17 Å². The van der Waals surface area contributed by atoms with E-state index in [4.69, 9.17) is 11.6 Å². The Morgan fingerprint density at radius 1 is 1.43 bits per heavy atom. The topological polar surface area (TPSA) is 66.5 Å². The second-order valence-electron chi connectivity index (χ2n) is 5.89. The Hall–Kier alpha value is -1.11. The molecule has 0 bridgehead atoms. The summed E-state index contributed by atoms with van der Waals surface area (Å²) in [6, 6.07) is 7.20. The number of carbonyl (C=O) groups is 1. The maximum absolute atomic E-state index is 12.1. The molecule has 0 aliphatic carbocycles. The molecule has 0 spiro atoms. The predicted octanol–water partition coefficient (Wildman–Crippen LogP) is 1.59. The van der Waals surface area contributed by atoms with Crippen LogP contribution in [0.3, 0.4) is 0 Å². The van der Waals surface area contributed by atoms with E-state index >= 15 is 0 Å². The second kappa shape index (κ2) is 5.59.